The zero-order chi connectivity index (χ0) is 25.0. The number of likely N-dealkylation sites (tertiary alicyclic amines) is 1. The Morgan fingerprint density at radius 2 is 1.92 bits per heavy atom. The number of rotatable bonds is 3. The van der Waals surface area contributed by atoms with Crippen molar-refractivity contribution >= 4 is 38.7 Å². The predicted molar refractivity (Wildman–Crippen MR) is 146 cm³/mol. The molecule has 3 aromatic rings. The number of nitrogens with one attached hydrogen (secondary N) is 2. The SMILES string of the molecule is Cc1cc2[nH]c(=O)n(C3CCN(CC(=O)NC4=N[C@@H]5CCc6cc(Br)ccc6[C@@H]5C4)CC3)c2cc1C. The van der Waals surface area contributed by atoms with E-state index in [9.17, 15) is 9.59 Å². The molecule has 0 radical (unpaired) electrons. The van der Waals surface area contributed by atoms with Gasteiger partial charge in [-0.05, 0) is 86.1 Å². The van der Waals surface area contributed by atoms with Gasteiger partial charge in [0.15, 0.2) is 0 Å². The summed E-state index contributed by atoms with van der Waals surface area (Å²) in [7, 11) is 0. The van der Waals surface area contributed by atoms with Crippen LogP contribution in [-0.4, -0.2) is 51.9 Å². The largest absolute Gasteiger partial charge is 0.326 e. The van der Waals surface area contributed by atoms with Crippen molar-refractivity contribution in [3.63, 3.8) is 0 Å². The van der Waals surface area contributed by atoms with Gasteiger partial charge in [0.2, 0.25) is 5.91 Å². The molecular formula is C28H32BrN5O2. The number of H-pyrrole nitrogens is 1. The molecular weight excluding hydrogens is 518 g/mol. The topological polar surface area (TPSA) is 82.5 Å². The van der Waals surface area contributed by atoms with Gasteiger partial charge in [-0.15, -0.1) is 0 Å². The van der Waals surface area contributed by atoms with E-state index in [0.29, 0.717) is 12.5 Å². The van der Waals surface area contributed by atoms with Crippen LogP contribution in [0.5, 0.6) is 0 Å². The van der Waals surface area contributed by atoms with Gasteiger partial charge in [-0.25, -0.2) is 4.79 Å². The standard InChI is InChI=1S/C28H32BrN5O2/c1-16-11-24-25(12-17(16)2)34(28(36)31-24)20-7-9-33(10-8-20)15-27(35)32-26-14-22-21-5-4-19(29)13-18(21)3-6-23(22)30-26/h4-5,11-13,20,22-23H,3,6-10,14-15H2,1-2H3,(H,31,36)(H,30,32,35)/t22-,23+/m0/s1. The summed E-state index contributed by atoms with van der Waals surface area (Å²) in [5.74, 6) is 1.21. The van der Waals surface area contributed by atoms with Crippen LogP contribution in [0.4, 0.5) is 0 Å². The number of piperidine rings is 1. The first-order chi connectivity index (χ1) is 17.4. The fourth-order valence-electron chi connectivity index (χ4n) is 6.30. The average Bonchev–Trinajstić information content (AvgIpc) is 3.39. The zero-order valence-electron chi connectivity index (χ0n) is 20.8. The van der Waals surface area contributed by atoms with E-state index in [4.69, 9.17) is 4.99 Å². The number of hydrogen-bond acceptors (Lipinski definition) is 4. The molecule has 0 bridgehead atoms. The molecule has 36 heavy (non-hydrogen) atoms. The summed E-state index contributed by atoms with van der Waals surface area (Å²) in [4.78, 5) is 35.7. The fourth-order valence-corrected chi connectivity index (χ4v) is 6.70. The van der Waals surface area contributed by atoms with Gasteiger partial charge in [-0.3, -0.25) is 19.3 Å². The third kappa shape index (κ3) is 4.34. The van der Waals surface area contributed by atoms with Crippen molar-refractivity contribution in [2.45, 2.75) is 64.0 Å². The van der Waals surface area contributed by atoms with Crippen LogP contribution in [0.25, 0.3) is 11.0 Å². The van der Waals surface area contributed by atoms with Crippen molar-refractivity contribution in [1.29, 1.82) is 0 Å². The number of aliphatic imine (C=N–C) groups is 1. The van der Waals surface area contributed by atoms with Crippen LogP contribution < -0.4 is 11.0 Å². The van der Waals surface area contributed by atoms with E-state index >= 15 is 0 Å². The van der Waals surface area contributed by atoms with Crippen molar-refractivity contribution in [3.05, 3.63) is 67.5 Å². The number of nitrogens with zero attached hydrogens (tertiary/aromatic N) is 3. The molecule has 188 valence electrons. The van der Waals surface area contributed by atoms with Gasteiger partial charge in [-0.1, -0.05) is 22.0 Å². The molecule has 8 heteroatoms. The van der Waals surface area contributed by atoms with Crippen LogP contribution in [-0.2, 0) is 11.2 Å². The monoisotopic (exact) mass is 549 g/mol. The second-order valence-corrected chi connectivity index (χ2v) is 11.6. The molecule has 1 aliphatic carbocycles. The number of carbonyl (C=O) groups is 1. The average molecular weight is 551 g/mol. The second-order valence-electron chi connectivity index (χ2n) is 10.6. The Morgan fingerprint density at radius 3 is 2.72 bits per heavy atom. The summed E-state index contributed by atoms with van der Waals surface area (Å²) < 4.78 is 3.04. The van der Waals surface area contributed by atoms with Crippen molar-refractivity contribution < 1.29 is 4.79 Å². The summed E-state index contributed by atoms with van der Waals surface area (Å²) in [6.07, 6.45) is 4.58. The molecule has 0 unspecified atom stereocenters. The number of aromatic amines is 1. The van der Waals surface area contributed by atoms with Crippen molar-refractivity contribution in [2.24, 2.45) is 4.99 Å². The number of fused-ring (bicyclic) bond motifs is 4. The van der Waals surface area contributed by atoms with E-state index in [-0.39, 0.29) is 23.7 Å². The lowest BCUT2D eigenvalue weighted by Crippen LogP contribution is -2.44. The van der Waals surface area contributed by atoms with Crippen molar-refractivity contribution in [2.75, 3.05) is 19.6 Å². The Balaban J connectivity index is 1.06. The molecule has 2 atom stereocenters. The van der Waals surface area contributed by atoms with Gasteiger partial charge in [0.1, 0.15) is 5.84 Å². The molecule has 3 aliphatic rings. The number of imidazole rings is 1. The smallest absolute Gasteiger partial charge is 0.313 e. The van der Waals surface area contributed by atoms with E-state index in [2.05, 4.69) is 75.3 Å². The highest BCUT2D eigenvalue weighted by Gasteiger charge is 2.35. The lowest BCUT2D eigenvalue weighted by molar-refractivity contribution is -0.121. The van der Waals surface area contributed by atoms with Gasteiger partial charge in [0.05, 0.1) is 23.6 Å². The van der Waals surface area contributed by atoms with Crippen LogP contribution in [0.2, 0.25) is 0 Å². The minimum atomic E-state index is -0.0409. The zero-order valence-corrected chi connectivity index (χ0v) is 22.4. The third-order valence-corrected chi connectivity index (χ3v) is 8.81. The van der Waals surface area contributed by atoms with E-state index in [1.807, 2.05) is 4.57 Å². The van der Waals surface area contributed by atoms with Gasteiger partial charge < -0.3 is 10.3 Å². The number of aromatic nitrogens is 2. The maximum atomic E-state index is 12.9. The second kappa shape index (κ2) is 9.30. The predicted octanol–water partition coefficient (Wildman–Crippen LogP) is 4.36. The van der Waals surface area contributed by atoms with E-state index in [0.717, 1.165) is 66.5 Å². The van der Waals surface area contributed by atoms with Crippen LogP contribution in [0.3, 0.4) is 0 Å². The van der Waals surface area contributed by atoms with Crippen LogP contribution in [0.1, 0.15) is 59.9 Å². The first-order valence-corrected chi connectivity index (χ1v) is 13.7. The summed E-state index contributed by atoms with van der Waals surface area (Å²) >= 11 is 3.58. The van der Waals surface area contributed by atoms with Crippen LogP contribution in [0.15, 0.2) is 44.6 Å². The highest BCUT2D eigenvalue weighted by molar-refractivity contribution is 9.10. The van der Waals surface area contributed by atoms with Gasteiger partial charge in [-0.2, -0.15) is 0 Å². The molecule has 3 heterocycles. The number of halogens is 1. The Labute approximate surface area is 219 Å². The number of amidine groups is 1. The van der Waals surface area contributed by atoms with E-state index in [1.54, 1.807) is 0 Å². The molecule has 7 nitrogen and oxygen atoms in total. The minimum absolute atomic E-state index is 0.0113. The molecule has 0 spiro atoms. The number of hydrogen-bond donors (Lipinski definition) is 2. The lowest BCUT2D eigenvalue weighted by atomic mass is 9.79. The molecule has 2 aliphatic heterocycles. The molecule has 1 saturated heterocycles. The van der Waals surface area contributed by atoms with Crippen molar-refractivity contribution in [1.82, 2.24) is 19.8 Å². The lowest BCUT2D eigenvalue weighted by Gasteiger charge is -2.32. The van der Waals surface area contributed by atoms with Gasteiger partial charge >= 0.3 is 5.69 Å². The quantitative estimate of drug-likeness (QED) is 0.509. The maximum absolute atomic E-state index is 12.9. The van der Waals surface area contributed by atoms with Gasteiger partial charge in [0.25, 0.3) is 0 Å². The molecule has 1 aromatic heterocycles. The first-order valence-electron chi connectivity index (χ1n) is 12.9. The number of amides is 1. The summed E-state index contributed by atoms with van der Waals surface area (Å²) in [5, 5.41) is 3.11. The Bertz CT molecular complexity index is 1430. The summed E-state index contributed by atoms with van der Waals surface area (Å²) in [6, 6.07) is 11.1. The summed E-state index contributed by atoms with van der Waals surface area (Å²) in [5.41, 5.74) is 6.99. The van der Waals surface area contributed by atoms with Gasteiger partial charge in [0, 0.05) is 35.9 Å². The van der Waals surface area contributed by atoms with E-state index < -0.39 is 0 Å². The normalized spacial score (nSPS) is 22.4. The third-order valence-electron chi connectivity index (χ3n) is 8.32. The van der Waals surface area contributed by atoms with Crippen LogP contribution >= 0.6 is 15.9 Å². The Kier molecular flexibility index (Phi) is 6.12. The van der Waals surface area contributed by atoms with E-state index in [1.165, 1.54) is 22.3 Å². The maximum Gasteiger partial charge on any atom is 0.326 e. The fraction of sp³-hybridized carbons (Fsp3) is 0.464. The first kappa shape index (κ1) is 23.7. The molecule has 0 saturated carbocycles. The minimum Gasteiger partial charge on any atom is -0.313 e. The Hall–Kier alpha value is -2.71. The highest BCUT2D eigenvalue weighted by atomic mass is 79.9. The molecule has 2 N–H and O–H groups in total. The Morgan fingerprint density at radius 1 is 1.14 bits per heavy atom. The number of carbonyl (C=O) groups excluding carboxylic acids is 1. The molecule has 6 rings (SSSR count). The van der Waals surface area contributed by atoms with Crippen LogP contribution in [0, 0.1) is 13.8 Å². The summed E-state index contributed by atoms with van der Waals surface area (Å²) in [6.45, 7) is 6.10. The molecule has 2 aromatic carbocycles. The number of aryl methyl sites for hydroxylation is 3. The van der Waals surface area contributed by atoms with Crippen molar-refractivity contribution in [3.8, 4) is 0 Å². The highest BCUT2D eigenvalue weighted by Crippen LogP contribution is 2.40. The number of benzene rings is 2. The molecule has 1 amide bonds. The molecule has 1 fully saturated rings.